The second-order valence-electron chi connectivity index (χ2n) is 6.72. The van der Waals surface area contributed by atoms with Crippen molar-refractivity contribution in [1.82, 2.24) is 15.2 Å². The molecular weight excluding hydrogens is 366 g/mol. The summed E-state index contributed by atoms with van der Waals surface area (Å²) < 4.78 is 32.7. The molecule has 2 N–H and O–H groups in total. The van der Waals surface area contributed by atoms with E-state index in [1.54, 1.807) is 26.3 Å². The second-order valence-corrected chi connectivity index (χ2v) is 8.43. The first-order chi connectivity index (χ1) is 12.7. The molecule has 0 saturated heterocycles. The maximum atomic E-state index is 12.7. The van der Waals surface area contributed by atoms with Crippen molar-refractivity contribution in [3.63, 3.8) is 0 Å². The summed E-state index contributed by atoms with van der Waals surface area (Å²) in [6.45, 7) is 7.98. The minimum Gasteiger partial charge on any atom is -0.364 e. The van der Waals surface area contributed by atoms with Gasteiger partial charge < -0.3 is 9.84 Å². The fourth-order valence-electron chi connectivity index (χ4n) is 2.91. The van der Waals surface area contributed by atoms with Gasteiger partial charge in [-0.15, -0.1) is 0 Å². The molecule has 148 valence electrons. The standard InChI is InChI=1S/C19H27N3O4S/c1-13-10-14(2)16(4)19(15(13)3)27(24,25)22-9-7-18(23)20-8-5-6-17-11-21-26-12-17/h10-12,22H,5-9H2,1-4H3,(H,20,23). The van der Waals surface area contributed by atoms with E-state index < -0.39 is 10.0 Å². The summed E-state index contributed by atoms with van der Waals surface area (Å²) >= 11 is 0. The van der Waals surface area contributed by atoms with E-state index in [1.807, 2.05) is 19.9 Å². The number of carbonyl (C=O) groups is 1. The Bertz CT molecular complexity index is 864. The van der Waals surface area contributed by atoms with Crippen molar-refractivity contribution in [2.45, 2.75) is 51.9 Å². The van der Waals surface area contributed by atoms with E-state index in [9.17, 15) is 13.2 Å². The van der Waals surface area contributed by atoms with Gasteiger partial charge in [-0.2, -0.15) is 0 Å². The van der Waals surface area contributed by atoms with Crippen LogP contribution in [0.1, 0.15) is 40.7 Å². The van der Waals surface area contributed by atoms with Gasteiger partial charge in [0, 0.05) is 25.1 Å². The maximum Gasteiger partial charge on any atom is 0.241 e. The van der Waals surface area contributed by atoms with Crippen molar-refractivity contribution in [3.8, 4) is 0 Å². The molecule has 0 atom stereocenters. The van der Waals surface area contributed by atoms with Gasteiger partial charge in [-0.05, 0) is 62.8 Å². The summed E-state index contributed by atoms with van der Waals surface area (Å²) in [5.74, 6) is -0.183. The Hall–Kier alpha value is -2.19. The average molecular weight is 394 g/mol. The lowest BCUT2D eigenvalue weighted by Gasteiger charge is -2.16. The lowest BCUT2D eigenvalue weighted by atomic mass is 10.0. The summed E-state index contributed by atoms with van der Waals surface area (Å²) in [5.41, 5.74) is 4.33. The van der Waals surface area contributed by atoms with Gasteiger partial charge in [-0.3, -0.25) is 4.79 Å². The number of amides is 1. The van der Waals surface area contributed by atoms with Crippen LogP contribution in [0.4, 0.5) is 0 Å². The molecule has 0 aliphatic carbocycles. The first kappa shape index (κ1) is 21.1. The number of rotatable bonds is 9. The lowest BCUT2D eigenvalue weighted by Crippen LogP contribution is -2.32. The normalized spacial score (nSPS) is 11.6. The Balaban J connectivity index is 1.83. The molecule has 7 nitrogen and oxygen atoms in total. The largest absolute Gasteiger partial charge is 0.364 e. The Morgan fingerprint density at radius 2 is 1.78 bits per heavy atom. The van der Waals surface area contributed by atoms with Crippen molar-refractivity contribution >= 4 is 15.9 Å². The van der Waals surface area contributed by atoms with E-state index in [2.05, 4.69) is 15.2 Å². The van der Waals surface area contributed by atoms with E-state index in [4.69, 9.17) is 4.52 Å². The van der Waals surface area contributed by atoms with Gasteiger partial charge in [0.15, 0.2) is 0 Å². The Kier molecular flexibility index (Phi) is 7.15. The molecule has 1 aromatic heterocycles. The van der Waals surface area contributed by atoms with Crippen LogP contribution in [-0.2, 0) is 21.2 Å². The van der Waals surface area contributed by atoms with E-state index in [0.717, 1.165) is 40.7 Å². The minimum atomic E-state index is -3.66. The van der Waals surface area contributed by atoms with Gasteiger partial charge in [0.1, 0.15) is 6.26 Å². The topological polar surface area (TPSA) is 101 Å². The molecule has 0 saturated carbocycles. The first-order valence-electron chi connectivity index (χ1n) is 8.94. The molecule has 1 aromatic carbocycles. The molecule has 27 heavy (non-hydrogen) atoms. The molecule has 1 heterocycles. The highest BCUT2D eigenvalue weighted by Crippen LogP contribution is 2.25. The number of aryl methyl sites for hydroxylation is 3. The summed E-state index contributed by atoms with van der Waals surface area (Å²) in [7, 11) is -3.66. The zero-order valence-corrected chi connectivity index (χ0v) is 17.1. The van der Waals surface area contributed by atoms with Gasteiger partial charge in [0.05, 0.1) is 11.1 Å². The molecule has 0 bridgehead atoms. The second kappa shape index (κ2) is 9.14. The van der Waals surface area contributed by atoms with Gasteiger partial charge >= 0.3 is 0 Å². The third kappa shape index (κ3) is 5.64. The van der Waals surface area contributed by atoms with Crippen LogP contribution < -0.4 is 10.0 Å². The molecule has 0 fully saturated rings. The molecule has 8 heteroatoms. The van der Waals surface area contributed by atoms with Crippen LogP contribution in [0.15, 0.2) is 27.9 Å². The van der Waals surface area contributed by atoms with Crippen molar-refractivity contribution in [2.75, 3.05) is 13.1 Å². The average Bonchev–Trinajstić information content (AvgIpc) is 3.10. The van der Waals surface area contributed by atoms with E-state index in [1.165, 1.54) is 0 Å². The van der Waals surface area contributed by atoms with Crippen LogP contribution in [0.5, 0.6) is 0 Å². The zero-order chi connectivity index (χ0) is 20.0. The Labute approximate surface area is 160 Å². The number of hydrogen-bond acceptors (Lipinski definition) is 5. The van der Waals surface area contributed by atoms with E-state index in [0.29, 0.717) is 11.4 Å². The zero-order valence-electron chi connectivity index (χ0n) is 16.3. The summed E-state index contributed by atoms with van der Waals surface area (Å²) in [6.07, 6.45) is 4.85. The van der Waals surface area contributed by atoms with Crippen LogP contribution in [0.3, 0.4) is 0 Å². The van der Waals surface area contributed by atoms with Crippen molar-refractivity contribution in [2.24, 2.45) is 0 Å². The van der Waals surface area contributed by atoms with Crippen LogP contribution in [-0.4, -0.2) is 32.6 Å². The van der Waals surface area contributed by atoms with Gasteiger partial charge in [-0.1, -0.05) is 11.2 Å². The van der Waals surface area contributed by atoms with Crippen LogP contribution in [0.25, 0.3) is 0 Å². The number of benzene rings is 1. The van der Waals surface area contributed by atoms with Gasteiger partial charge in [-0.25, -0.2) is 13.1 Å². The molecule has 0 aliphatic heterocycles. The molecule has 0 aliphatic rings. The number of aromatic nitrogens is 1. The number of carbonyl (C=O) groups excluding carboxylic acids is 1. The van der Waals surface area contributed by atoms with E-state index >= 15 is 0 Å². The molecule has 0 unspecified atom stereocenters. The summed E-state index contributed by atoms with van der Waals surface area (Å²) in [5, 5.41) is 6.41. The van der Waals surface area contributed by atoms with Crippen molar-refractivity contribution in [3.05, 3.63) is 46.3 Å². The minimum absolute atomic E-state index is 0.0612. The smallest absolute Gasteiger partial charge is 0.241 e. The Morgan fingerprint density at radius 1 is 1.11 bits per heavy atom. The highest BCUT2D eigenvalue weighted by Gasteiger charge is 2.21. The van der Waals surface area contributed by atoms with E-state index in [-0.39, 0.29) is 18.9 Å². The van der Waals surface area contributed by atoms with Crippen LogP contribution in [0.2, 0.25) is 0 Å². The predicted octanol–water partition coefficient (Wildman–Crippen LogP) is 2.33. The SMILES string of the molecule is Cc1cc(C)c(C)c(S(=O)(=O)NCCC(=O)NCCCc2cnoc2)c1C. The number of sulfonamides is 1. The molecular formula is C19H27N3O4S. The Morgan fingerprint density at radius 3 is 2.37 bits per heavy atom. The predicted molar refractivity (Wildman–Crippen MR) is 103 cm³/mol. The van der Waals surface area contributed by atoms with Crippen molar-refractivity contribution < 1.29 is 17.7 Å². The molecule has 2 aromatic rings. The first-order valence-corrected chi connectivity index (χ1v) is 10.4. The van der Waals surface area contributed by atoms with Crippen molar-refractivity contribution in [1.29, 1.82) is 0 Å². The fourth-order valence-corrected chi connectivity index (χ4v) is 4.56. The van der Waals surface area contributed by atoms with Gasteiger partial charge in [0.2, 0.25) is 15.9 Å². The van der Waals surface area contributed by atoms with Crippen LogP contribution >= 0.6 is 0 Å². The van der Waals surface area contributed by atoms with Gasteiger partial charge in [0.25, 0.3) is 0 Å². The fraction of sp³-hybridized carbons (Fsp3) is 0.474. The highest BCUT2D eigenvalue weighted by atomic mass is 32.2. The quantitative estimate of drug-likeness (QED) is 0.637. The third-order valence-electron chi connectivity index (χ3n) is 4.66. The highest BCUT2D eigenvalue weighted by molar-refractivity contribution is 7.89. The molecule has 0 spiro atoms. The number of nitrogens with one attached hydrogen (secondary N) is 2. The number of nitrogens with zero attached hydrogens (tertiary/aromatic N) is 1. The molecule has 1 amide bonds. The molecule has 2 rings (SSSR count). The third-order valence-corrected chi connectivity index (χ3v) is 6.39. The summed E-state index contributed by atoms with van der Waals surface area (Å²) in [6, 6.07) is 1.98. The van der Waals surface area contributed by atoms with Crippen LogP contribution in [0, 0.1) is 27.7 Å². The summed E-state index contributed by atoms with van der Waals surface area (Å²) in [4.78, 5) is 12.2. The monoisotopic (exact) mass is 393 g/mol. The lowest BCUT2D eigenvalue weighted by molar-refractivity contribution is -0.120. The molecule has 0 radical (unpaired) electrons. The number of hydrogen-bond donors (Lipinski definition) is 2. The maximum absolute atomic E-state index is 12.7.